The summed E-state index contributed by atoms with van der Waals surface area (Å²) in [4.78, 5) is 4.72. The van der Waals surface area contributed by atoms with Crippen molar-refractivity contribution in [3.8, 4) is 0 Å². The van der Waals surface area contributed by atoms with Crippen molar-refractivity contribution >= 4 is 45.2 Å². The Morgan fingerprint density at radius 1 is 1.50 bits per heavy atom. The highest BCUT2D eigenvalue weighted by molar-refractivity contribution is 14.1. The maximum absolute atomic E-state index is 6.33. The molecule has 3 rings (SSSR count). The molecular weight excluding hydrogens is 387 g/mol. The topological polar surface area (TPSA) is 27.1 Å². The minimum absolute atomic E-state index is 0.0306. The third-order valence-electron chi connectivity index (χ3n) is 4.24. The summed E-state index contributed by atoms with van der Waals surface area (Å²) in [5, 5.41) is -0.103. The molecule has 0 bridgehead atoms. The van der Waals surface area contributed by atoms with Crippen molar-refractivity contribution in [1.29, 1.82) is 0 Å². The van der Waals surface area contributed by atoms with Gasteiger partial charge in [-0.05, 0) is 67.0 Å². The third kappa shape index (κ3) is 2.46. The normalized spacial score (nSPS) is 19.0. The Labute approximate surface area is 137 Å². The fraction of sp³-hybridized carbons (Fsp3) is 0.533. The Morgan fingerprint density at radius 2 is 2.25 bits per heavy atom. The highest BCUT2D eigenvalue weighted by atomic mass is 127. The van der Waals surface area contributed by atoms with Gasteiger partial charge in [0.1, 0.15) is 5.82 Å². The first-order valence-electron chi connectivity index (χ1n) is 6.89. The highest BCUT2D eigenvalue weighted by Crippen LogP contribution is 2.38. The Morgan fingerprint density at radius 3 is 2.80 bits per heavy atom. The molecule has 1 aromatic carbocycles. The lowest BCUT2D eigenvalue weighted by Gasteiger charge is -2.41. The van der Waals surface area contributed by atoms with Gasteiger partial charge >= 0.3 is 0 Å². The van der Waals surface area contributed by atoms with E-state index in [9.17, 15) is 0 Å². The smallest absolute Gasteiger partial charge is 0.127 e. The molecule has 1 saturated carbocycles. The van der Waals surface area contributed by atoms with Gasteiger partial charge in [0.2, 0.25) is 0 Å². The standard InChI is InChI=1S/C15H18ClIN2O/c1-10(16)14-18-12-8-11(17)4-5-13(12)19(14)9-15(20-2)6-3-7-15/h4-5,8,10H,3,6-7,9H2,1-2H3. The summed E-state index contributed by atoms with van der Waals surface area (Å²) in [5.74, 6) is 0.937. The molecule has 20 heavy (non-hydrogen) atoms. The number of methoxy groups -OCH3 is 1. The lowest BCUT2D eigenvalue weighted by molar-refractivity contribution is -0.0832. The number of nitrogens with zero attached hydrogens (tertiary/aromatic N) is 2. The molecule has 108 valence electrons. The second-order valence-corrected chi connectivity index (χ2v) is 7.45. The van der Waals surface area contributed by atoms with Gasteiger partial charge < -0.3 is 9.30 Å². The minimum atomic E-state index is -0.103. The van der Waals surface area contributed by atoms with Crippen molar-refractivity contribution < 1.29 is 4.74 Å². The number of benzene rings is 1. The Bertz CT molecular complexity index is 629. The van der Waals surface area contributed by atoms with E-state index in [2.05, 4.69) is 45.4 Å². The van der Waals surface area contributed by atoms with Gasteiger partial charge in [0, 0.05) is 10.7 Å². The van der Waals surface area contributed by atoms with Crippen molar-refractivity contribution in [2.45, 2.75) is 43.7 Å². The molecular formula is C15H18ClIN2O. The maximum Gasteiger partial charge on any atom is 0.127 e. The highest BCUT2D eigenvalue weighted by Gasteiger charge is 2.38. The number of hydrogen-bond donors (Lipinski definition) is 0. The predicted octanol–water partition coefficient (Wildman–Crippen LogP) is 4.51. The molecule has 0 aliphatic heterocycles. The van der Waals surface area contributed by atoms with Crippen molar-refractivity contribution in [2.24, 2.45) is 0 Å². The Kier molecular flexibility index (Phi) is 3.99. The van der Waals surface area contributed by atoms with Crippen LogP contribution < -0.4 is 0 Å². The molecule has 2 aromatic rings. The van der Waals surface area contributed by atoms with Crippen LogP contribution >= 0.6 is 34.2 Å². The van der Waals surface area contributed by atoms with Gasteiger partial charge in [-0.3, -0.25) is 0 Å². The van der Waals surface area contributed by atoms with Crippen LogP contribution in [0.15, 0.2) is 18.2 Å². The average molecular weight is 405 g/mol. The molecule has 1 heterocycles. The molecule has 3 nitrogen and oxygen atoms in total. The van der Waals surface area contributed by atoms with Gasteiger partial charge in [-0.1, -0.05) is 0 Å². The number of alkyl halides is 1. The summed E-state index contributed by atoms with van der Waals surface area (Å²) >= 11 is 8.64. The van der Waals surface area contributed by atoms with Crippen molar-refractivity contribution in [1.82, 2.24) is 9.55 Å². The molecule has 1 aliphatic rings. The SMILES string of the molecule is COC1(Cn2c(C(C)Cl)nc3cc(I)ccc32)CCC1. The summed E-state index contributed by atoms with van der Waals surface area (Å²) in [6, 6.07) is 6.36. The Hall–Kier alpha value is -0.330. The van der Waals surface area contributed by atoms with Gasteiger partial charge in [-0.25, -0.2) is 4.98 Å². The van der Waals surface area contributed by atoms with E-state index in [-0.39, 0.29) is 11.0 Å². The third-order valence-corrected chi connectivity index (χ3v) is 5.11. The number of aromatic nitrogens is 2. The maximum atomic E-state index is 6.33. The van der Waals surface area contributed by atoms with Crippen molar-refractivity contribution in [3.63, 3.8) is 0 Å². The number of imidazole rings is 1. The van der Waals surface area contributed by atoms with Crippen LogP contribution in [-0.4, -0.2) is 22.3 Å². The molecule has 0 N–H and O–H groups in total. The van der Waals surface area contributed by atoms with Crippen LogP contribution in [0.25, 0.3) is 11.0 Å². The monoisotopic (exact) mass is 404 g/mol. The van der Waals surface area contributed by atoms with Crippen LogP contribution in [0.3, 0.4) is 0 Å². The average Bonchev–Trinajstić information content (AvgIpc) is 2.71. The Balaban J connectivity index is 2.09. The van der Waals surface area contributed by atoms with Gasteiger partial charge in [-0.2, -0.15) is 0 Å². The molecule has 0 spiro atoms. The van der Waals surface area contributed by atoms with Crippen molar-refractivity contribution in [3.05, 3.63) is 27.6 Å². The fourth-order valence-electron chi connectivity index (χ4n) is 2.88. The molecule has 0 amide bonds. The molecule has 1 atom stereocenters. The molecule has 0 radical (unpaired) electrons. The zero-order valence-corrected chi connectivity index (χ0v) is 14.6. The first-order valence-corrected chi connectivity index (χ1v) is 8.41. The molecule has 1 aliphatic carbocycles. The molecule has 1 unspecified atom stereocenters. The second-order valence-electron chi connectivity index (χ2n) is 5.55. The van der Waals surface area contributed by atoms with E-state index in [1.165, 1.54) is 9.99 Å². The summed E-state index contributed by atoms with van der Waals surface area (Å²) in [6.45, 7) is 2.82. The van der Waals surface area contributed by atoms with Crippen molar-refractivity contribution in [2.75, 3.05) is 7.11 Å². The summed E-state index contributed by atoms with van der Waals surface area (Å²) in [7, 11) is 1.81. The van der Waals surface area contributed by atoms with E-state index < -0.39 is 0 Å². The van der Waals surface area contributed by atoms with E-state index in [1.807, 2.05) is 14.0 Å². The number of rotatable bonds is 4. The first kappa shape index (κ1) is 14.6. The number of ether oxygens (including phenoxy) is 1. The first-order chi connectivity index (χ1) is 9.54. The van der Waals surface area contributed by atoms with Crippen LogP contribution in [0.1, 0.15) is 37.4 Å². The minimum Gasteiger partial charge on any atom is -0.376 e. The number of halogens is 2. The molecule has 1 fully saturated rings. The van der Waals surface area contributed by atoms with Crippen LogP contribution in [0.2, 0.25) is 0 Å². The number of fused-ring (bicyclic) bond motifs is 1. The lowest BCUT2D eigenvalue weighted by Crippen LogP contribution is -2.43. The zero-order valence-electron chi connectivity index (χ0n) is 11.7. The van der Waals surface area contributed by atoms with Gasteiger partial charge in [0.05, 0.1) is 28.6 Å². The molecule has 5 heteroatoms. The fourth-order valence-corrected chi connectivity index (χ4v) is 3.52. The predicted molar refractivity (Wildman–Crippen MR) is 90.3 cm³/mol. The van der Waals surface area contributed by atoms with Gasteiger partial charge in [0.15, 0.2) is 0 Å². The quantitative estimate of drug-likeness (QED) is 0.554. The molecule has 0 saturated heterocycles. The lowest BCUT2D eigenvalue weighted by atomic mass is 9.80. The van der Waals surface area contributed by atoms with E-state index in [1.54, 1.807) is 0 Å². The summed E-state index contributed by atoms with van der Waals surface area (Å²) in [6.07, 6.45) is 3.47. The van der Waals surface area contributed by atoms with Crippen LogP contribution in [0.5, 0.6) is 0 Å². The second kappa shape index (κ2) is 5.46. The van der Waals surface area contributed by atoms with Crippen LogP contribution in [-0.2, 0) is 11.3 Å². The largest absolute Gasteiger partial charge is 0.376 e. The van der Waals surface area contributed by atoms with E-state index in [0.29, 0.717) is 0 Å². The van der Waals surface area contributed by atoms with Gasteiger partial charge in [-0.15, -0.1) is 11.6 Å². The number of hydrogen-bond acceptors (Lipinski definition) is 2. The van der Waals surface area contributed by atoms with E-state index in [4.69, 9.17) is 21.3 Å². The summed E-state index contributed by atoms with van der Waals surface area (Å²) < 4.78 is 9.20. The van der Waals surface area contributed by atoms with Crippen LogP contribution in [0.4, 0.5) is 0 Å². The van der Waals surface area contributed by atoms with E-state index in [0.717, 1.165) is 36.2 Å². The van der Waals surface area contributed by atoms with Crippen LogP contribution in [0, 0.1) is 3.57 Å². The molecule has 1 aromatic heterocycles. The summed E-state index contributed by atoms with van der Waals surface area (Å²) in [5.41, 5.74) is 2.14. The van der Waals surface area contributed by atoms with Gasteiger partial charge in [0.25, 0.3) is 0 Å². The zero-order chi connectivity index (χ0) is 14.3. The van der Waals surface area contributed by atoms with E-state index >= 15 is 0 Å².